The van der Waals surface area contributed by atoms with E-state index in [9.17, 15) is 22.8 Å². The van der Waals surface area contributed by atoms with Crippen LogP contribution < -0.4 is 4.74 Å². The van der Waals surface area contributed by atoms with E-state index in [1.54, 1.807) is 6.92 Å². The number of carboxylic acid groups (broad SMARTS) is 1. The van der Waals surface area contributed by atoms with Crippen molar-refractivity contribution in [3.05, 3.63) is 29.3 Å². The van der Waals surface area contributed by atoms with E-state index in [-0.39, 0.29) is 30.6 Å². The van der Waals surface area contributed by atoms with Crippen LogP contribution in [0.4, 0.5) is 13.2 Å². The lowest BCUT2D eigenvalue weighted by molar-refractivity contribution is -0.274. The Morgan fingerprint density at radius 2 is 1.95 bits per heavy atom. The first kappa shape index (κ1) is 16.8. The Labute approximate surface area is 118 Å². The highest BCUT2D eigenvalue weighted by Gasteiger charge is 2.32. The van der Waals surface area contributed by atoms with Crippen molar-refractivity contribution in [2.75, 3.05) is 6.61 Å². The minimum atomic E-state index is -4.90. The van der Waals surface area contributed by atoms with Crippen molar-refractivity contribution in [1.82, 2.24) is 0 Å². The lowest BCUT2D eigenvalue weighted by atomic mass is 10.0. The standard InChI is InChI=1S/C13H13F3O5/c1-2-20-12(19)9-3-5-10(21-13(14,15)16)8(7-9)4-6-11(17)18/h3,5,7H,2,4,6H2,1H3,(H,17,18). The van der Waals surface area contributed by atoms with Crippen LogP contribution in [0.15, 0.2) is 18.2 Å². The molecule has 1 N–H and O–H groups in total. The van der Waals surface area contributed by atoms with Crippen molar-refractivity contribution in [3.8, 4) is 5.75 Å². The Morgan fingerprint density at radius 1 is 1.29 bits per heavy atom. The zero-order valence-corrected chi connectivity index (χ0v) is 11.1. The summed E-state index contributed by atoms with van der Waals surface area (Å²) in [6, 6.07) is 3.24. The summed E-state index contributed by atoms with van der Waals surface area (Å²) in [6.07, 6.45) is -5.49. The van der Waals surface area contributed by atoms with Crippen molar-refractivity contribution in [2.45, 2.75) is 26.1 Å². The van der Waals surface area contributed by atoms with Gasteiger partial charge in [0.05, 0.1) is 12.2 Å². The van der Waals surface area contributed by atoms with Gasteiger partial charge in [-0.2, -0.15) is 0 Å². The Hall–Kier alpha value is -2.25. The number of carboxylic acids is 1. The summed E-state index contributed by atoms with van der Waals surface area (Å²) < 4.78 is 45.4. The monoisotopic (exact) mass is 306 g/mol. The molecule has 0 unspecified atom stereocenters. The lowest BCUT2D eigenvalue weighted by Gasteiger charge is -2.14. The molecular formula is C13H13F3O5. The van der Waals surface area contributed by atoms with Crippen molar-refractivity contribution in [1.29, 1.82) is 0 Å². The fraction of sp³-hybridized carbons (Fsp3) is 0.385. The highest BCUT2D eigenvalue weighted by Crippen LogP contribution is 2.28. The van der Waals surface area contributed by atoms with Crippen LogP contribution in [0.2, 0.25) is 0 Å². The van der Waals surface area contributed by atoms with Crippen LogP contribution in [-0.4, -0.2) is 30.0 Å². The third kappa shape index (κ3) is 5.72. The van der Waals surface area contributed by atoms with Crippen LogP contribution in [0.1, 0.15) is 29.3 Å². The largest absolute Gasteiger partial charge is 0.573 e. The molecule has 1 rings (SSSR count). The molecule has 0 aliphatic heterocycles. The second kappa shape index (κ2) is 6.96. The van der Waals surface area contributed by atoms with Gasteiger partial charge in [-0.3, -0.25) is 4.79 Å². The van der Waals surface area contributed by atoms with Gasteiger partial charge in [-0.25, -0.2) is 4.79 Å². The number of aryl methyl sites for hydroxylation is 1. The fourth-order valence-corrected chi connectivity index (χ4v) is 1.58. The Kier molecular flexibility index (Phi) is 5.57. The van der Waals surface area contributed by atoms with E-state index in [1.165, 1.54) is 0 Å². The van der Waals surface area contributed by atoms with E-state index >= 15 is 0 Å². The zero-order valence-electron chi connectivity index (χ0n) is 11.1. The van der Waals surface area contributed by atoms with Gasteiger partial charge in [0, 0.05) is 6.42 Å². The van der Waals surface area contributed by atoms with Crippen LogP contribution in [0.25, 0.3) is 0 Å². The molecule has 0 atom stereocenters. The molecule has 0 aromatic heterocycles. The van der Waals surface area contributed by atoms with Crippen molar-refractivity contribution in [3.63, 3.8) is 0 Å². The van der Waals surface area contributed by atoms with Crippen LogP contribution in [0.3, 0.4) is 0 Å². The molecule has 0 saturated heterocycles. The van der Waals surface area contributed by atoms with Gasteiger partial charge in [-0.15, -0.1) is 13.2 Å². The summed E-state index contributed by atoms with van der Waals surface area (Å²) in [5.41, 5.74) is 0.00652. The first-order chi connectivity index (χ1) is 9.73. The second-order valence-electron chi connectivity index (χ2n) is 3.98. The van der Waals surface area contributed by atoms with E-state index < -0.39 is 24.1 Å². The maximum atomic E-state index is 12.3. The van der Waals surface area contributed by atoms with Crippen molar-refractivity contribution in [2.24, 2.45) is 0 Å². The molecule has 116 valence electrons. The molecule has 0 amide bonds. The normalized spacial score (nSPS) is 11.0. The van der Waals surface area contributed by atoms with Crippen molar-refractivity contribution < 1.29 is 37.3 Å². The molecule has 1 aromatic carbocycles. The van der Waals surface area contributed by atoms with Gasteiger partial charge >= 0.3 is 18.3 Å². The molecule has 21 heavy (non-hydrogen) atoms. The van der Waals surface area contributed by atoms with Gasteiger partial charge in [0.15, 0.2) is 0 Å². The van der Waals surface area contributed by atoms with Gasteiger partial charge in [0.25, 0.3) is 0 Å². The van der Waals surface area contributed by atoms with Gasteiger partial charge in [-0.05, 0) is 37.1 Å². The molecule has 0 saturated carbocycles. The summed E-state index contributed by atoms with van der Waals surface area (Å²) in [4.78, 5) is 22.1. The molecule has 0 aliphatic carbocycles. The van der Waals surface area contributed by atoms with E-state index in [0.29, 0.717) is 0 Å². The number of esters is 1. The number of ether oxygens (including phenoxy) is 2. The van der Waals surface area contributed by atoms with E-state index in [2.05, 4.69) is 4.74 Å². The molecule has 0 fully saturated rings. The van der Waals surface area contributed by atoms with Crippen LogP contribution in [-0.2, 0) is 16.0 Å². The zero-order chi connectivity index (χ0) is 16.0. The summed E-state index contributed by atoms with van der Waals surface area (Å²) in [5, 5.41) is 8.61. The summed E-state index contributed by atoms with van der Waals surface area (Å²) in [7, 11) is 0. The third-order valence-corrected chi connectivity index (χ3v) is 2.41. The quantitative estimate of drug-likeness (QED) is 0.818. The van der Waals surface area contributed by atoms with Crippen molar-refractivity contribution >= 4 is 11.9 Å². The first-order valence-electron chi connectivity index (χ1n) is 6.00. The third-order valence-electron chi connectivity index (χ3n) is 2.41. The van der Waals surface area contributed by atoms with Crippen LogP contribution in [0, 0.1) is 0 Å². The summed E-state index contributed by atoms with van der Waals surface area (Å²) in [6.45, 7) is 1.70. The number of rotatable bonds is 6. The highest BCUT2D eigenvalue weighted by molar-refractivity contribution is 5.89. The minimum Gasteiger partial charge on any atom is -0.481 e. The van der Waals surface area contributed by atoms with E-state index in [1.807, 2.05) is 0 Å². The topological polar surface area (TPSA) is 72.8 Å². The molecule has 8 heteroatoms. The van der Waals surface area contributed by atoms with Crippen LogP contribution in [0.5, 0.6) is 5.75 Å². The van der Waals surface area contributed by atoms with Gasteiger partial charge in [0.2, 0.25) is 0 Å². The predicted molar refractivity (Wildman–Crippen MR) is 65.0 cm³/mol. The van der Waals surface area contributed by atoms with Gasteiger partial charge in [0.1, 0.15) is 5.75 Å². The SMILES string of the molecule is CCOC(=O)c1ccc(OC(F)(F)F)c(CCC(=O)O)c1. The van der Waals surface area contributed by atoms with Crippen LogP contribution >= 0.6 is 0 Å². The number of aliphatic carboxylic acids is 1. The van der Waals surface area contributed by atoms with Gasteiger partial charge in [-0.1, -0.05) is 0 Å². The minimum absolute atomic E-state index is 0.0275. The fourth-order valence-electron chi connectivity index (χ4n) is 1.58. The molecule has 0 aliphatic rings. The molecule has 5 nitrogen and oxygen atoms in total. The Morgan fingerprint density at radius 3 is 2.48 bits per heavy atom. The molecule has 0 spiro atoms. The molecule has 1 aromatic rings. The second-order valence-corrected chi connectivity index (χ2v) is 3.98. The average Bonchev–Trinajstić information content (AvgIpc) is 2.35. The lowest BCUT2D eigenvalue weighted by Crippen LogP contribution is -2.18. The summed E-state index contributed by atoms with van der Waals surface area (Å²) in [5.74, 6) is -2.40. The summed E-state index contributed by atoms with van der Waals surface area (Å²) >= 11 is 0. The Bertz CT molecular complexity index is 525. The van der Waals surface area contributed by atoms with E-state index in [4.69, 9.17) is 9.84 Å². The highest BCUT2D eigenvalue weighted by atomic mass is 19.4. The number of carbonyl (C=O) groups excluding carboxylic acids is 1. The number of hydrogen-bond donors (Lipinski definition) is 1. The number of carbonyl (C=O) groups is 2. The van der Waals surface area contributed by atoms with Gasteiger partial charge < -0.3 is 14.6 Å². The smallest absolute Gasteiger partial charge is 0.481 e. The number of benzene rings is 1. The number of alkyl halides is 3. The number of halogens is 3. The first-order valence-corrected chi connectivity index (χ1v) is 6.00. The molecular weight excluding hydrogens is 293 g/mol. The molecule has 0 bridgehead atoms. The van der Waals surface area contributed by atoms with E-state index in [0.717, 1.165) is 18.2 Å². The Balaban J connectivity index is 3.06. The molecule has 0 radical (unpaired) electrons. The molecule has 0 heterocycles. The number of hydrogen-bond acceptors (Lipinski definition) is 4. The maximum Gasteiger partial charge on any atom is 0.573 e. The average molecular weight is 306 g/mol. The maximum absolute atomic E-state index is 12.3. The predicted octanol–water partition coefficient (Wildman–Crippen LogP) is 2.78.